The molecule has 1 unspecified atom stereocenters. The van der Waals surface area contributed by atoms with Gasteiger partial charge in [0.25, 0.3) is 0 Å². The van der Waals surface area contributed by atoms with Crippen molar-refractivity contribution in [3.05, 3.63) is 35.4 Å². The molecule has 0 aliphatic heterocycles. The summed E-state index contributed by atoms with van der Waals surface area (Å²) in [6.45, 7) is 1.98. The van der Waals surface area contributed by atoms with Crippen LogP contribution in [0.2, 0.25) is 0 Å². The van der Waals surface area contributed by atoms with Gasteiger partial charge < -0.3 is 10.5 Å². The SMILES string of the molecule is COC(=O)C(CN)(CCCS(C)(=O)=O)c1ccccc1C. The minimum Gasteiger partial charge on any atom is -0.468 e. The van der Waals surface area contributed by atoms with Crippen LogP contribution in [0.15, 0.2) is 24.3 Å². The summed E-state index contributed by atoms with van der Waals surface area (Å²) < 4.78 is 27.5. The lowest BCUT2D eigenvalue weighted by molar-refractivity contribution is -0.147. The number of benzene rings is 1. The van der Waals surface area contributed by atoms with Crippen LogP contribution < -0.4 is 5.73 Å². The number of carbonyl (C=O) groups excluding carboxylic acids is 1. The molecule has 0 radical (unpaired) electrons. The third-order valence-electron chi connectivity index (χ3n) is 3.70. The fraction of sp³-hybridized carbons (Fsp3) is 0.533. The lowest BCUT2D eigenvalue weighted by Gasteiger charge is -2.31. The first-order valence-corrected chi connectivity index (χ1v) is 8.85. The van der Waals surface area contributed by atoms with E-state index in [0.717, 1.165) is 11.1 Å². The minimum absolute atomic E-state index is 0.0254. The van der Waals surface area contributed by atoms with Crippen LogP contribution in [0.4, 0.5) is 0 Å². The zero-order valence-electron chi connectivity index (χ0n) is 12.8. The Morgan fingerprint density at radius 2 is 1.95 bits per heavy atom. The second kappa shape index (κ2) is 7.04. The van der Waals surface area contributed by atoms with Crippen molar-refractivity contribution in [3.8, 4) is 0 Å². The normalized spacial score (nSPS) is 14.5. The Kier molecular flexibility index (Phi) is 5.92. The van der Waals surface area contributed by atoms with E-state index in [-0.39, 0.29) is 12.3 Å². The van der Waals surface area contributed by atoms with Crippen LogP contribution in [-0.2, 0) is 24.8 Å². The summed E-state index contributed by atoms with van der Waals surface area (Å²) in [5.41, 5.74) is 6.63. The molecule has 1 atom stereocenters. The molecule has 2 N–H and O–H groups in total. The number of hydrogen-bond acceptors (Lipinski definition) is 5. The van der Waals surface area contributed by atoms with Crippen LogP contribution in [-0.4, -0.2) is 40.1 Å². The highest BCUT2D eigenvalue weighted by Gasteiger charge is 2.40. The summed E-state index contributed by atoms with van der Waals surface area (Å²) in [5.74, 6) is -0.398. The van der Waals surface area contributed by atoms with Crippen LogP contribution in [0.25, 0.3) is 0 Å². The lowest BCUT2D eigenvalue weighted by Crippen LogP contribution is -2.44. The Hall–Kier alpha value is -1.40. The molecule has 1 aromatic carbocycles. The molecule has 118 valence electrons. The maximum Gasteiger partial charge on any atom is 0.317 e. The monoisotopic (exact) mass is 313 g/mol. The molecular formula is C15H23NO4S. The van der Waals surface area contributed by atoms with E-state index >= 15 is 0 Å². The second-order valence-corrected chi connectivity index (χ2v) is 7.59. The van der Waals surface area contributed by atoms with Crippen molar-refractivity contribution in [1.29, 1.82) is 0 Å². The van der Waals surface area contributed by atoms with Gasteiger partial charge in [-0.1, -0.05) is 24.3 Å². The van der Waals surface area contributed by atoms with Crippen molar-refractivity contribution in [1.82, 2.24) is 0 Å². The topological polar surface area (TPSA) is 86.5 Å². The predicted octanol–water partition coefficient (Wildman–Crippen LogP) is 1.19. The van der Waals surface area contributed by atoms with Crippen LogP contribution in [0.5, 0.6) is 0 Å². The lowest BCUT2D eigenvalue weighted by atomic mass is 9.75. The molecule has 6 heteroatoms. The number of ether oxygens (including phenoxy) is 1. The number of rotatable bonds is 7. The van der Waals surface area contributed by atoms with Crippen molar-refractivity contribution < 1.29 is 17.9 Å². The molecule has 0 aliphatic carbocycles. The Bertz CT molecular complexity index is 597. The number of nitrogens with two attached hydrogens (primary N) is 1. The van der Waals surface area contributed by atoms with E-state index in [1.54, 1.807) is 0 Å². The predicted molar refractivity (Wildman–Crippen MR) is 82.9 cm³/mol. The molecule has 0 amide bonds. The minimum atomic E-state index is -3.07. The van der Waals surface area contributed by atoms with Crippen molar-refractivity contribution in [2.45, 2.75) is 25.2 Å². The van der Waals surface area contributed by atoms with Crippen molar-refractivity contribution in [2.75, 3.05) is 25.7 Å². The third kappa shape index (κ3) is 4.28. The van der Waals surface area contributed by atoms with E-state index in [4.69, 9.17) is 10.5 Å². The Morgan fingerprint density at radius 3 is 2.43 bits per heavy atom. The molecule has 1 rings (SSSR count). The average Bonchev–Trinajstić information content (AvgIpc) is 2.43. The van der Waals surface area contributed by atoms with Gasteiger partial charge in [0.15, 0.2) is 0 Å². The summed E-state index contributed by atoms with van der Waals surface area (Å²) in [5, 5.41) is 0. The average molecular weight is 313 g/mol. The molecular weight excluding hydrogens is 290 g/mol. The molecule has 21 heavy (non-hydrogen) atoms. The smallest absolute Gasteiger partial charge is 0.317 e. The van der Waals surface area contributed by atoms with Gasteiger partial charge in [-0.3, -0.25) is 4.79 Å². The Balaban J connectivity index is 3.17. The van der Waals surface area contributed by atoms with Gasteiger partial charge in [0, 0.05) is 18.6 Å². The number of methoxy groups -OCH3 is 1. The summed E-state index contributed by atoms with van der Waals surface area (Å²) in [4.78, 5) is 12.3. The number of esters is 1. The fourth-order valence-corrected chi connectivity index (χ4v) is 3.25. The quantitative estimate of drug-likeness (QED) is 0.764. The Morgan fingerprint density at radius 1 is 1.33 bits per heavy atom. The van der Waals surface area contributed by atoms with E-state index < -0.39 is 21.2 Å². The second-order valence-electron chi connectivity index (χ2n) is 5.33. The van der Waals surface area contributed by atoms with Gasteiger partial charge in [0.05, 0.1) is 7.11 Å². The van der Waals surface area contributed by atoms with Gasteiger partial charge in [0.2, 0.25) is 0 Å². The van der Waals surface area contributed by atoms with Gasteiger partial charge in [-0.25, -0.2) is 8.42 Å². The number of aryl methyl sites for hydroxylation is 1. The highest BCUT2D eigenvalue weighted by atomic mass is 32.2. The summed E-state index contributed by atoms with van der Waals surface area (Å²) in [6, 6.07) is 7.47. The third-order valence-corrected chi connectivity index (χ3v) is 4.73. The highest BCUT2D eigenvalue weighted by molar-refractivity contribution is 7.90. The molecule has 0 spiro atoms. The maximum atomic E-state index is 12.3. The van der Waals surface area contributed by atoms with Crippen LogP contribution >= 0.6 is 0 Å². The van der Waals surface area contributed by atoms with Crippen molar-refractivity contribution in [2.24, 2.45) is 5.73 Å². The molecule has 5 nitrogen and oxygen atoms in total. The van der Waals surface area contributed by atoms with E-state index in [1.807, 2.05) is 31.2 Å². The van der Waals surface area contributed by atoms with Crippen LogP contribution in [0, 0.1) is 6.92 Å². The zero-order valence-corrected chi connectivity index (χ0v) is 13.6. The Labute approximate surface area is 126 Å². The van der Waals surface area contributed by atoms with E-state index in [9.17, 15) is 13.2 Å². The summed E-state index contributed by atoms with van der Waals surface area (Å²) in [7, 11) is -1.75. The number of sulfone groups is 1. The zero-order chi connectivity index (χ0) is 16.1. The van der Waals surface area contributed by atoms with Crippen molar-refractivity contribution >= 4 is 15.8 Å². The summed E-state index contributed by atoms with van der Waals surface area (Å²) in [6.07, 6.45) is 1.89. The van der Waals surface area contributed by atoms with Gasteiger partial charge in [-0.2, -0.15) is 0 Å². The largest absolute Gasteiger partial charge is 0.468 e. The first-order valence-electron chi connectivity index (χ1n) is 6.79. The summed E-state index contributed by atoms with van der Waals surface area (Å²) >= 11 is 0. The molecule has 0 saturated heterocycles. The van der Waals surface area contributed by atoms with E-state index in [1.165, 1.54) is 13.4 Å². The van der Waals surface area contributed by atoms with Gasteiger partial charge in [-0.05, 0) is 30.9 Å². The van der Waals surface area contributed by atoms with Gasteiger partial charge in [-0.15, -0.1) is 0 Å². The molecule has 0 bridgehead atoms. The molecule has 1 aromatic rings. The first kappa shape index (κ1) is 17.7. The molecule has 0 aliphatic rings. The molecule has 0 aromatic heterocycles. The van der Waals surface area contributed by atoms with E-state index in [2.05, 4.69) is 0 Å². The maximum absolute atomic E-state index is 12.3. The van der Waals surface area contributed by atoms with Gasteiger partial charge in [0.1, 0.15) is 15.3 Å². The van der Waals surface area contributed by atoms with E-state index in [0.29, 0.717) is 12.8 Å². The van der Waals surface area contributed by atoms with Crippen molar-refractivity contribution in [3.63, 3.8) is 0 Å². The molecule has 0 saturated carbocycles. The first-order chi connectivity index (χ1) is 9.77. The number of hydrogen-bond donors (Lipinski definition) is 1. The van der Waals surface area contributed by atoms with Crippen LogP contribution in [0.1, 0.15) is 24.0 Å². The van der Waals surface area contributed by atoms with Gasteiger partial charge >= 0.3 is 5.97 Å². The standard InChI is InChI=1S/C15H23NO4S/c1-12-7-4-5-8-13(12)15(11-16,14(17)20-2)9-6-10-21(3,18)19/h4-5,7-8H,6,9-11,16H2,1-3H3. The molecule has 0 heterocycles. The highest BCUT2D eigenvalue weighted by Crippen LogP contribution is 2.32. The number of carbonyl (C=O) groups is 1. The molecule has 0 fully saturated rings. The van der Waals surface area contributed by atoms with Crippen LogP contribution in [0.3, 0.4) is 0 Å². The fourth-order valence-electron chi connectivity index (χ4n) is 2.58.